The number of carbonyl (C=O) groups is 1. The quantitative estimate of drug-likeness (QED) is 0.432. The van der Waals surface area contributed by atoms with Gasteiger partial charge >= 0.3 is 0 Å². The molecule has 8 heteroatoms. The molecule has 1 heterocycles. The molecule has 0 saturated carbocycles. The molecule has 0 unspecified atom stereocenters. The smallest absolute Gasteiger partial charge is 0.277 e. The van der Waals surface area contributed by atoms with Gasteiger partial charge < -0.3 is 10.2 Å². The second-order valence-corrected chi connectivity index (χ2v) is 4.88. The minimum Gasteiger partial charge on any atom is -0.345 e. The summed E-state index contributed by atoms with van der Waals surface area (Å²) in [5, 5.41) is 25.7. The van der Waals surface area contributed by atoms with Gasteiger partial charge in [0.15, 0.2) is 0 Å². The number of benzene rings is 1. The molecule has 2 rings (SSSR count). The van der Waals surface area contributed by atoms with Crippen LogP contribution in [0.15, 0.2) is 23.1 Å². The van der Waals surface area contributed by atoms with Crippen molar-refractivity contribution in [3.8, 4) is 0 Å². The molecule has 0 aliphatic carbocycles. The van der Waals surface area contributed by atoms with Gasteiger partial charge in [-0.1, -0.05) is 6.07 Å². The fraction of sp³-hybridized carbons (Fsp3) is 0.125. The Morgan fingerprint density at radius 2 is 1.94 bits per heavy atom. The molecule has 0 saturated heterocycles. The zero-order chi connectivity index (χ0) is 12.1. The number of carbonyl (C=O) groups excluding carboxylic acids is 1. The van der Waals surface area contributed by atoms with Crippen LogP contribution < -0.4 is 10.5 Å². The van der Waals surface area contributed by atoms with Crippen molar-refractivity contribution >= 4 is 15.9 Å². The molecule has 0 atom stereocenters. The van der Waals surface area contributed by atoms with E-state index in [1.165, 1.54) is 12.1 Å². The number of nitrogens with one attached hydrogen (secondary N) is 1. The van der Waals surface area contributed by atoms with Gasteiger partial charge in [-0.25, -0.2) is 13.6 Å². The Balaban J connectivity index is 2.84. The first kappa shape index (κ1) is 11.0. The van der Waals surface area contributed by atoms with E-state index in [0.29, 0.717) is 0 Å². The van der Waals surface area contributed by atoms with Gasteiger partial charge in [-0.2, -0.15) is 0 Å². The van der Waals surface area contributed by atoms with E-state index < -0.39 is 32.3 Å². The monoisotopic (exact) mass is 244 g/mol. The van der Waals surface area contributed by atoms with Crippen LogP contribution in [0.1, 0.15) is 15.9 Å². The van der Waals surface area contributed by atoms with Crippen LogP contribution in [0, 0.1) is 0 Å². The number of rotatable bonds is 1. The molecule has 0 spiro atoms. The maximum atomic E-state index is 11.3. The minimum absolute atomic E-state index is 0.128. The Labute approximate surface area is 90.6 Å². The summed E-state index contributed by atoms with van der Waals surface area (Å²) in [7, 11) is -4.13. The van der Waals surface area contributed by atoms with E-state index in [0.717, 1.165) is 6.07 Å². The highest BCUT2D eigenvalue weighted by molar-refractivity contribution is 7.89. The predicted molar refractivity (Wildman–Crippen MR) is 51.4 cm³/mol. The number of nitrogens with two attached hydrogens (primary N) is 1. The summed E-state index contributed by atoms with van der Waals surface area (Å²) in [6.07, 6.45) is 0. The van der Waals surface area contributed by atoms with Crippen molar-refractivity contribution in [1.82, 2.24) is 5.32 Å². The molecule has 0 aromatic heterocycles. The third-order valence-electron chi connectivity index (χ3n) is 2.21. The van der Waals surface area contributed by atoms with Gasteiger partial charge in [0, 0.05) is 0 Å². The third kappa shape index (κ3) is 1.48. The lowest BCUT2D eigenvalue weighted by Crippen LogP contribution is -2.39. The normalized spacial score (nSPS) is 18.1. The van der Waals surface area contributed by atoms with Crippen LogP contribution in [0.25, 0.3) is 0 Å². The number of fused-ring (bicyclic) bond motifs is 1. The predicted octanol–water partition coefficient (Wildman–Crippen LogP) is -1.83. The largest absolute Gasteiger partial charge is 0.345 e. The molecule has 1 aliphatic heterocycles. The molecule has 7 nitrogen and oxygen atoms in total. The average molecular weight is 244 g/mol. The Hall–Kier alpha value is -1.48. The lowest BCUT2D eigenvalue weighted by atomic mass is 10.1. The molecule has 0 radical (unpaired) electrons. The number of primary sulfonamides is 1. The fourth-order valence-electron chi connectivity index (χ4n) is 1.61. The SMILES string of the molecule is NS(=O)(=O)c1cccc2c1C(O)(O)NC2=O. The van der Waals surface area contributed by atoms with E-state index in [1.807, 2.05) is 5.32 Å². The van der Waals surface area contributed by atoms with E-state index >= 15 is 0 Å². The van der Waals surface area contributed by atoms with E-state index in [2.05, 4.69) is 0 Å². The molecule has 16 heavy (non-hydrogen) atoms. The van der Waals surface area contributed by atoms with E-state index in [4.69, 9.17) is 5.14 Å². The van der Waals surface area contributed by atoms with Gasteiger partial charge in [-0.05, 0) is 12.1 Å². The van der Waals surface area contributed by atoms with Crippen LogP contribution in [0.2, 0.25) is 0 Å². The summed E-state index contributed by atoms with van der Waals surface area (Å²) in [5.74, 6) is -3.49. The zero-order valence-corrected chi connectivity index (χ0v) is 8.65. The van der Waals surface area contributed by atoms with Gasteiger partial charge in [-0.3, -0.25) is 10.1 Å². The zero-order valence-electron chi connectivity index (χ0n) is 7.84. The second-order valence-electron chi connectivity index (χ2n) is 3.35. The Morgan fingerprint density at radius 3 is 2.50 bits per heavy atom. The van der Waals surface area contributed by atoms with Gasteiger partial charge in [0.2, 0.25) is 10.0 Å². The lowest BCUT2D eigenvalue weighted by Gasteiger charge is -2.17. The molecule has 5 N–H and O–H groups in total. The first-order chi connectivity index (χ1) is 7.23. The Bertz CT molecular complexity index is 578. The second kappa shape index (κ2) is 3.01. The molecule has 0 fully saturated rings. The number of aliphatic hydroxyl groups is 2. The summed E-state index contributed by atoms with van der Waals surface area (Å²) in [4.78, 5) is 10.8. The Morgan fingerprint density at radius 1 is 1.31 bits per heavy atom. The number of hydrogen-bond donors (Lipinski definition) is 4. The molecular weight excluding hydrogens is 236 g/mol. The van der Waals surface area contributed by atoms with Crippen molar-refractivity contribution < 1.29 is 23.4 Å². The maximum absolute atomic E-state index is 11.3. The summed E-state index contributed by atoms with van der Waals surface area (Å²) < 4.78 is 22.4. The van der Waals surface area contributed by atoms with Crippen molar-refractivity contribution in [1.29, 1.82) is 0 Å². The molecule has 1 aromatic rings. The molecule has 1 amide bonds. The van der Waals surface area contributed by atoms with Gasteiger partial charge in [0.1, 0.15) is 0 Å². The van der Waals surface area contributed by atoms with Crippen LogP contribution in [0.5, 0.6) is 0 Å². The number of sulfonamides is 1. The highest BCUT2D eigenvalue weighted by Gasteiger charge is 2.43. The van der Waals surface area contributed by atoms with Crippen LogP contribution in [-0.2, 0) is 15.9 Å². The van der Waals surface area contributed by atoms with Gasteiger partial charge in [-0.15, -0.1) is 0 Å². The van der Waals surface area contributed by atoms with E-state index in [9.17, 15) is 23.4 Å². The first-order valence-corrected chi connectivity index (χ1v) is 5.71. The highest BCUT2D eigenvalue weighted by atomic mass is 32.2. The fourth-order valence-corrected chi connectivity index (χ4v) is 2.41. The topological polar surface area (TPSA) is 130 Å². The van der Waals surface area contributed by atoms with E-state index in [-0.39, 0.29) is 5.56 Å². The minimum atomic E-state index is -4.13. The third-order valence-corrected chi connectivity index (χ3v) is 3.17. The van der Waals surface area contributed by atoms with Crippen molar-refractivity contribution in [2.45, 2.75) is 10.8 Å². The Kier molecular flexibility index (Phi) is 2.08. The first-order valence-electron chi connectivity index (χ1n) is 4.17. The molecule has 86 valence electrons. The van der Waals surface area contributed by atoms with Crippen LogP contribution in [0.3, 0.4) is 0 Å². The van der Waals surface area contributed by atoms with Crippen LogP contribution in [-0.4, -0.2) is 24.5 Å². The van der Waals surface area contributed by atoms with E-state index in [1.54, 1.807) is 0 Å². The molecule has 0 bridgehead atoms. The van der Waals surface area contributed by atoms with Crippen molar-refractivity contribution in [2.75, 3.05) is 0 Å². The van der Waals surface area contributed by atoms with Crippen LogP contribution in [0.4, 0.5) is 0 Å². The number of amides is 1. The molecular formula is C8H8N2O5S. The van der Waals surface area contributed by atoms with Crippen LogP contribution >= 0.6 is 0 Å². The summed E-state index contributed by atoms with van der Waals surface area (Å²) in [5.41, 5.74) is -0.570. The van der Waals surface area contributed by atoms with Gasteiger partial charge in [0.05, 0.1) is 16.0 Å². The molecule has 1 aliphatic rings. The summed E-state index contributed by atoms with van der Waals surface area (Å²) in [6.45, 7) is 0. The highest BCUT2D eigenvalue weighted by Crippen LogP contribution is 2.31. The van der Waals surface area contributed by atoms with Crippen molar-refractivity contribution in [2.24, 2.45) is 5.14 Å². The summed E-state index contributed by atoms with van der Waals surface area (Å²) in [6, 6.07) is 3.66. The average Bonchev–Trinajstić information content (AvgIpc) is 2.36. The number of hydrogen-bond acceptors (Lipinski definition) is 5. The van der Waals surface area contributed by atoms with Crippen molar-refractivity contribution in [3.63, 3.8) is 0 Å². The standard InChI is InChI=1S/C8H8N2O5S/c9-16(14,15)5-3-1-2-4-6(5)8(12,13)10-7(4)11/h1-3,12-13H,(H,10,11)(H2,9,14,15). The van der Waals surface area contributed by atoms with Crippen molar-refractivity contribution in [3.05, 3.63) is 29.3 Å². The molecule has 1 aromatic carbocycles. The van der Waals surface area contributed by atoms with Gasteiger partial charge in [0.25, 0.3) is 11.8 Å². The lowest BCUT2D eigenvalue weighted by molar-refractivity contribution is -0.181. The summed E-state index contributed by atoms with van der Waals surface area (Å²) >= 11 is 0. The maximum Gasteiger partial charge on any atom is 0.277 e.